The van der Waals surface area contributed by atoms with E-state index in [1.807, 2.05) is 12.1 Å². The Morgan fingerprint density at radius 3 is 2.33 bits per heavy atom. The molecule has 5 N–H and O–H groups in total. The molecule has 0 aliphatic rings. The standard InChI is InChI=1S/C22H28Cl2N2O4/c23-18-11-16(12-19(24)22(18)25)20(28)13-26-10-4-2-1-3-5-15-6-8-17(9-7-15)30-21(29)14-27/h6-9,11-12,20,26-28H,1-5,10,13-14,25H2. The molecule has 1 unspecified atom stereocenters. The van der Waals surface area contributed by atoms with Crippen LogP contribution < -0.4 is 15.8 Å². The number of nitrogens with two attached hydrogens (primary N) is 1. The molecule has 164 valence electrons. The van der Waals surface area contributed by atoms with Gasteiger partial charge >= 0.3 is 5.97 Å². The number of rotatable bonds is 12. The minimum atomic E-state index is -0.694. The first kappa shape index (κ1) is 24.4. The van der Waals surface area contributed by atoms with Crippen LogP contribution in [0.2, 0.25) is 10.0 Å². The number of aryl methyl sites for hydroxylation is 1. The molecule has 6 nitrogen and oxygen atoms in total. The van der Waals surface area contributed by atoms with Crippen molar-refractivity contribution in [3.8, 4) is 5.75 Å². The van der Waals surface area contributed by atoms with E-state index in [0.717, 1.165) is 38.6 Å². The van der Waals surface area contributed by atoms with Crippen molar-refractivity contribution in [3.63, 3.8) is 0 Å². The molecule has 0 fully saturated rings. The first-order valence-electron chi connectivity index (χ1n) is 9.94. The third-order valence-electron chi connectivity index (χ3n) is 4.68. The van der Waals surface area contributed by atoms with Crippen LogP contribution in [0.5, 0.6) is 5.75 Å². The molecule has 0 aromatic heterocycles. The molecule has 0 aliphatic heterocycles. The van der Waals surface area contributed by atoms with E-state index in [1.165, 1.54) is 5.56 Å². The van der Waals surface area contributed by atoms with Crippen LogP contribution in [0.25, 0.3) is 0 Å². The summed E-state index contributed by atoms with van der Waals surface area (Å²) in [4.78, 5) is 11.0. The van der Waals surface area contributed by atoms with E-state index in [4.69, 9.17) is 38.8 Å². The Hall–Kier alpha value is -1.83. The van der Waals surface area contributed by atoms with Crippen molar-refractivity contribution in [2.75, 3.05) is 25.4 Å². The van der Waals surface area contributed by atoms with Crippen molar-refractivity contribution >= 4 is 34.9 Å². The quantitative estimate of drug-likeness (QED) is 0.168. The number of carbonyl (C=O) groups excluding carboxylic acids is 1. The van der Waals surface area contributed by atoms with Crippen LogP contribution in [0.4, 0.5) is 5.69 Å². The van der Waals surface area contributed by atoms with Crippen molar-refractivity contribution in [1.29, 1.82) is 0 Å². The van der Waals surface area contributed by atoms with E-state index in [0.29, 0.717) is 33.6 Å². The fourth-order valence-electron chi connectivity index (χ4n) is 2.97. The highest BCUT2D eigenvalue weighted by Gasteiger charge is 2.12. The summed E-state index contributed by atoms with van der Waals surface area (Å²) in [5, 5.41) is 22.9. The highest BCUT2D eigenvalue weighted by atomic mass is 35.5. The lowest BCUT2D eigenvalue weighted by Crippen LogP contribution is -2.22. The number of unbranched alkanes of at least 4 members (excludes halogenated alkanes) is 3. The normalized spacial score (nSPS) is 12.0. The number of carbonyl (C=O) groups is 1. The SMILES string of the molecule is Nc1c(Cl)cc(C(O)CNCCCCCCc2ccc(OC(=O)CO)cc2)cc1Cl. The monoisotopic (exact) mass is 454 g/mol. The second kappa shape index (κ2) is 12.8. The number of aliphatic hydroxyl groups is 2. The van der Waals surface area contributed by atoms with Gasteiger partial charge in [0.05, 0.1) is 21.8 Å². The van der Waals surface area contributed by atoms with E-state index < -0.39 is 18.7 Å². The number of nitrogens with one attached hydrogen (secondary N) is 1. The van der Waals surface area contributed by atoms with Gasteiger partial charge in [-0.05, 0) is 61.2 Å². The van der Waals surface area contributed by atoms with E-state index in [2.05, 4.69) is 5.32 Å². The molecule has 0 saturated heterocycles. The van der Waals surface area contributed by atoms with E-state index in [-0.39, 0.29) is 0 Å². The summed E-state index contributed by atoms with van der Waals surface area (Å²) in [5.41, 5.74) is 7.86. The zero-order valence-corrected chi connectivity index (χ0v) is 18.3. The van der Waals surface area contributed by atoms with Gasteiger partial charge in [-0.25, -0.2) is 4.79 Å². The molecule has 2 rings (SSSR count). The van der Waals surface area contributed by atoms with Crippen LogP contribution in [0, 0.1) is 0 Å². The number of hydrogen-bond donors (Lipinski definition) is 4. The summed E-state index contributed by atoms with van der Waals surface area (Å²) in [5.74, 6) is -0.223. The van der Waals surface area contributed by atoms with Gasteiger partial charge in [-0.1, -0.05) is 48.2 Å². The molecule has 0 spiro atoms. The number of aliphatic hydroxyl groups excluding tert-OH is 2. The molecule has 0 heterocycles. The van der Waals surface area contributed by atoms with Gasteiger partial charge in [-0.15, -0.1) is 0 Å². The van der Waals surface area contributed by atoms with Gasteiger partial charge < -0.3 is 26.0 Å². The van der Waals surface area contributed by atoms with Crippen molar-refractivity contribution in [1.82, 2.24) is 5.32 Å². The fourth-order valence-corrected chi connectivity index (χ4v) is 3.48. The van der Waals surface area contributed by atoms with Gasteiger partial charge in [-0.2, -0.15) is 0 Å². The number of halogens is 2. The zero-order valence-electron chi connectivity index (χ0n) is 16.7. The molecule has 1 atom stereocenters. The average Bonchev–Trinajstić information content (AvgIpc) is 2.74. The van der Waals surface area contributed by atoms with Gasteiger partial charge in [0.25, 0.3) is 0 Å². The average molecular weight is 455 g/mol. The maximum Gasteiger partial charge on any atom is 0.337 e. The Bertz CT molecular complexity index is 792. The Morgan fingerprint density at radius 2 is 1.70 bits per heavy atom. The topological polar surface area (TPSA) is 105 Å². The van der Waals surface area contributed by atoms with Crippen molar-refractivity contribution in [3.05, 3.63) is 57.6 Å². The summed E-state index contributed by atoms with van der Waals surface area (Å²) < 4.78 is 4.93. The summed E-state index contributed by atoms with van der Waals surface area (Å²) >= 11 is 12.0. The second-order valence-corrected chi connectivity index (χ2v) is 7.87. The Kier molecular flexibility index (Phi) is 10.4. The number of nitrogen functional groups attached to an aromatic ring is 1. The molecule has 2 aromatic carbocycles. The Morgan fingerprint density at radius 1 is 1.07 bits per heavy atom. The van der Waals surface area contributed by atoms with Crippen LogP contribution in [0.3, 0.4) is 0 Å². The molecule has 0 bridgehead atoms. The van der Waals surface area contributed by atoms with Gasteiger partial charge in [-0.3, -0.25) is 0 Å². The largest absolute Gasteiger partial charge is 0.425 e. The molecule has 2 aromatic rings. The van der Waals surface area contributed by atoms with E-state index in [9.17, 15) is 9.90 Å². The summed E-state index contributed by atoms with van der Waals surface area (Å²) in [7, 11) is 0. The van der Waals surface area contributed by atoms with Crippen LogP contribution in [0.15, 0.2) is 36.4 Å². The Balaban J connectivity index is 1.56. The molecular formula is C22H28Cl2N2O4. The number of ether oxygens (including phenoxy) is 1. The zero-order chi connectivity index (χ0) is 21.9. The van der Waals surface area contributed by atoms with Gasteiger partial charge in [0, 0.05) is 6.54 Å². The van der Waals surface area contributed by atoms with Crippen molar-refractivity contribution < 1.29 is 19.7 Å². The summed E-state index contributed by atoms with van der Waals surface area (Å²) in [6, 6.07) is 10.6. The number of esters is 1. The molecule has 0 aliphatic carbocycles. The number of benzene rings is 2. The summed E-state index contributed by atoms with van der Waals surface area (Å²) in [6.07, 6.45) is 4.55. The van der Waals surface area contributed by atoms with Crippen molar-refractivity contribution in [2.45, 2.75) is 38.2 Å². The Labute approximate surface area is 186 Å². The molecule has 8 heteroatoms. The van der Waals surface area contributed by atoms with Crippen LogP contribution in [0.1, 0.15) is 42.9 Å². The smallest absolute Gasteiger partial charge is 0.337 e. The molecule has 0 radical (unpaired) electrons. The van der Waals surface area contributed by atoms with Crippen LogP contribution in [-0.4, -0.2) is 35.9 Å². The van der Waals surface area contributed by atoms with E-state index in [1.54, 1.807) is 24.3 Å². The highest BCUT2D eigenvalue weighted by molar-refractivity contribution is 6.38. The number of anilines is 1. The maximum atomic E-state index is 11.0. The molecule has 30 heavy (non-hydrogen) atoms. The lowest BCUT2D eigenvalue weighted by atomic mass is 10.1. The summed E-state index contributed by atoms with van der Waals surface area (Å²) in [6.45, 7) is 0.613. The molecule has 0 amide bonds. The highest BCUT2D eigenvalue weighted by Crippen LogP contribution is 2.31. The lowest BCUT2D eigenvalue weighted by molar-refractivity contribution is -0.137. The minimum absolute atomic E-state index is 0.323. The lowest BCUT2D eigenvalue weighted by Gasteiger charge is -2.14. The first-order valence-corrected chi connectivity index (χ1v) is 10.7. The van der Waals surface area contributed by atoms with Gasteiger partial charge in [0.2, 0.25) is 0 Å². The van der Waals surface area contributed by atoms with E-state index >= 15 is 0 Å². The molecule has 0 saturated carbocycles. The van der Waals surface area contributed by atoms with Crippen molar-refractivity contribution in [2.24, 2.45) is 0 Å². The molecular weight excluding hydrogens is 427 g/mol. The van der Waals surface area contributed by atoms with Gasteiger partial charge in [0.1, 0.15) is 12.4 Å². The third-order valence-corrected chi connectivity index (χ3v) is 5.30. The predicted molar refractivity (Wildman–Crippen MR) is 120 cm³/mol. The predicted octanol–water partition coefficient (Wildman–Crippen LogP) is 3.90. The van der Waals surface area contributed by atoms with Gasteiger partial charge in [0.15, 0.2) is 0 Å². The fraction of sp³-hybridized carbons (Fsp3) is 0.409. The minimum Gasteiger partial charge on any atom is -0.425 e. The third kappa shape index (κ3) is 8.13. The van der Waals surface area contributed by atoms with Crippen LogP contribution >= 0.6 is 23.2 Å². The van der Waals surface area contributed by atoms with Crippen LogP contribution in [-0.2, 0) is 11.2 Å². The number of hydrogen-bond acceptors (Lipinski definition) is 6. The second-order valence-electron chi connectivity index (χ2n) is 7.06. The maximum absolute atomic E-state index is 11.0. The first-order chi connectivity index (χ1) is 14.4.